The molecule has 1 N–H and O–H groups in total. The third-order valence-electron chi connectivity index (χ3n) is 3.41. The van der Waals surface area contributed by atoms with Crippen LogP contribution < -0.4 is 0 Å². The van der Waals surface area contributed by atoms with Crippen LogP contribution in [0.2, 0.25) is 5.02 Å². The minimum Gasteiger partial charge on any atom is -0.393 e. The molecule has 1 heterocycles. The maximum atomic E-state index is 13.7. The second kappa shape index (κ2) is 5.88. The summed E-state index contributed by atoms with van der Waals surface area (Å²) in [7, 11) is 0. The molecule has 5 heteroatoms. The van der Waals surface area contributed by atoms with Gasteiger partial charge in [0.15, 0.2) is 0 Å². The monoisotopic (exact) mass is 285 g/mol. The average molecular weight is 286 g/mol. The van der Waals surface area contributed by atoms with Crippen LogP contribution >= 0.6 is 11.6 Å². The number of likely N-dealkylation sites (tertiary alicyclic amines) is 1. The number of rotatable bonds is 3. The van der Waals surface area contributed by atoms with Crippen LogP contribution in [0, 0.1) is 5.82 Å². The van der Waals surface area contributed by atoms with Gasteiger partial charge >= 0.3 is 0 Å². The van der Waals surface area contributed by atoms with E-state index in [4.69, 9.17) is 11.6 Å². The molecule has 0 bridgehead atoms. The van der Waals surface area contributed by atoms with Crippen molar-refractivity contribution in [1.29, 1.82) is 0 Å². The maximum absolute atomic E-state index is 13.7. The standard InChI is InChI=1S/C14H17ClFNO2/c1-9(18)7-11-3-2-6-17(11)14(19)12-8-10(15)4-5-13(12)16/h4-5,8-9,11,18H,2-3,6-7H2,1H3. The number of carbonyl (C=O) groups is 1. The maximum Gasteiger partial charge on any atom is 0.257 e. The zero-order chi connectivity index (χ0) is 14.0. The van der Waals surface area contributed by atoms with Gasteiger partial charge in [0.1, 0.15) is 5.82 Å². The SMILES string of the molecule is CC(O)CC1CCCN1C(=O)c1cc(Cl)ccc1F. The Morgan fingerprint density at radius 2 is 2.37 bits per heavy atom. The highest BCUT2D eigenvalue weighted by atomic mass is 35.5. The minimum absolute atomic E-state index is 0.00462. The molecular weight excluding hydrogens is 269 g/mol. The van der Waals surface area contributed by atoms with Gasteiger partial charge < -0.3 is 10.0 Å². The Morgan fingerprint density at radius 3 is 3.05 bits per heavy atom. The van der Waals surface area contributed by atoms with E-state index in [9.17, 15) is 14.3 Å². The van der Waals surface area contributed by atoms with E-state index in [2.05, 4.69) is 0 Å². The quantitative estimate of drug-likeness (QED) is 0.928. The third kappa shape index (κ3) is 3.25. The zero-order valence-electron chi connectivity index (χ0n) is 10.8. The zero-order valence-corrected chi connectivity index (χ0v) is 11.5. The molecule has 19 heavy (non-hydrogen) atoms. The van der Waals surface area contributed by atoms with Crippen molar-refractivity contribution in [2.75, 3.05) is 6.54 Å². The summed E-state index contributed by atoms with van der Waals surface area (Å²) in [6, 6.07) is 3.96. The van der Waals surface area contributed by atoms with Crippen molar-refractivity contribution >= 4 is 17.5 Å². The lowest BCUT2D eigenvalue weighted by atomic mass is 10.1. The number of aliphatic hydroxyl groups excluding tert-OH is 1. The summed E-state index contributed by atoms with van der Waals surface area (Å²) in [6.07, 6.45) is 1.78. The molecule has 1 aliphatic heterocycles. The number of carbonyl (C=O) groups excluding carboxylic acids is 1. The van der Waals surface area contributed by atoms with E-state index < -0.39 is 11.9 Å². The lowest BCUT2D eigenvalue weighted by molar-refractivity contribution is 0.0677. The summed E-state index contributed by atoms with van der Waals surface area (Å²) in [4.78, 5) is 14.0. The number of hydrogen-bond donors (Lipinski definition) is 1. The van der Waals surface area contributed by atoms with Crippen molar-refractivity contribution in [2.24, 2.45) is 0 Å². The fraction of sp³-hybridized carbons (Fsp3) is 0.500. The van der Waals surface area contributed by atoms with E-state index in [1.165, 1.54) is 18.2 Å². The molecule has 2 unspecified atom stereocenters. The highest BCUT2D eigenvalue weighted by Gasteiger charge is 2.31. The molecule has 1 aromatic carbocycles. The number of hydrogen-bond acceptors (Lipinski definition) is 2. The van der Waals surface area contributed by atoms with Crippen LogP contribution in [-0.2, 0) is 0 Å². The van der Waals surface area contributed by atoms with Crippen LogP contribution in [0.25, 0.3) is 0 Å². The fourth-order valence-corrected chi connectivity index (χ4v) is 2.73. The Kier molecular flexibility index (Phi) is 4.42. The fourth-order valence-electron chi connectivity index (χ4n) is 2.56. The lowest BCUT2D eigenvalue weighted by Gasteiger charge is -2.26. The van der Waals surface area contributed by atoms with Gasteiger partial charge in [-0.1, -0.05) is 11.6 Å². The molecular formula is C14H17ClFNO2. The molecule has 0 aromatic heterocycles. The first-order valence-corrected chi connectivity index (χ1v) is 6.81. The number of nitrogens with zero attached hydrogens (tertiary/aromatic N) is 1. The van der Waals surface area contributed by atoms with Crippen LogP contribution in [0.15, 0.2) is 18.2 Å². The smallest absolute Gasteiger partial charge is 0.257 e. The van der Waals surface area contributed by atoms with Crippen LogP contribution in [-0.4, -0.2) is 34.6 Å². The third-order valence-corrected chi connectivity index (χ3v) is 3.65. The van der Waals surface area contributed by atoms with E-state index >= 15 is 0 Å². The predicted molar refractivity (Wildman–Crippen MR) is 71.8 cm³/mol. The van der Waals surface area contributed by atoms with Crippen molar-refractivity contribution in [1.82, 2.24) is 4.90 Å². The van der Waals surface area contributed by atoms with Crippen LogP contribution in [0.4, 0.5) is 4.39 Å². The molecule has 1 aliphatic rings. The van der Waals surface area contributed by atoms with Gasteiger partial charge in [-0.15, -0.1) is 0 Å². The minimum atomic E-state index is -0.558. The summed E-state index contributed by atoms with van der Waals surface area (Å²) >= 11 is 5.81. The summed E-state index contributed by atoms with van der Waals surface area (Å²) < 4.78 is 13.7. The molecule has 3 nitrogen and oxygen atoms in total. The molecule has 2 atom stereocenters. The van der Waals surface area contributed by atoms with E-state index in [0.717, 1.165) is 12.8 Å². The Labute approximate surface area is 117 Å². The van der Waals surface area contributed by atoms with Crippen molar-refractivity contribution in [2.45, 2.75) is 38.3 Å². The molecule has 104 valence electrons. The summed E-state index contributed by atoms with van der Waals surface area (Å²) in [6.45, 7) is 2.29. The molecule has 0 saturated carbocycles. The largest absolute Gasteiger partial charge is 0.393 e. The van der Waals surface area contributed by atoms with E-state index in [-0.39, 0.29) is 17.5 Å². The Hall–Kier alpha value is -1.13. The first kappa shape index (κ1) is 14.3. The van der Waals surface area contributed by atoms with Gasteiger partial charge in [-0.05, 0) is 44.4 Å². The van der Waals surface area contributed by atoms with Gasteiger partial charge in [-0.2, -0.15) is 0 Å². The van der Waals surface area contributed by atoms with Gasteiger partial charge in [0, 0.05) is 17.6 Å². The molecule has 1 fully saturated rings. The van der Waals surface area contributed by atoms with E-state index in [0.29, 0.717) is 18.0 Å². The number of benzene rings is 1. The van der Waals surface area contributed by atoms with Gasteiger partial charge in [-0.25, -0.2) is 4.39 Å². The van der Waals surface area contributed by atoms with Crippen LogP contribution in [0.3, 0.4) is 0 Å². The molecule has 1 saturated heterocycles. The van der Waals surface area contributed by atoms with E-state index in [1.807, 2.05) is 0 Å². The van der Waals surface area contributed by atoms with Gasteiger partial charge in [0.05, 0.1) is 11.7 Å². The Balaban J connectivity index is 2.20. The lowest BCUT2D eigenvalue weighted by Crippen LogP contribution is -2.37. The highest BCUT2D eigenvalue weighted by molar-refractivity contribution is 6.31. The highest BCUT2D eigenvalue weighted by Crippen LogP contribution is 2.25. The van der Waals surface area contributed by atoms with Crippen molar-refractivity contribution in [3.8, 4) is 0 Å². The molecule has 0 aliphatic carbocycles. The van der Waals surface area contributed by atoms with Crippen molar-refractivity contribution in [3.05, 3.63) is 34.6 Å². The average Bonchev–Trinajstić information content (AvgIpc) is 2.78. The summed E-state index contributed by atoms with van der Waals surface area (Å²) in [5.74, 6) is -0.903. The molecule has 1 amide bonds. The second-order valence-corrected chi connectivity index (χ2v) is 5.44. The van der Waals surface area contributed by atoms with Gasteiger partial charge in [0.25, 0.3) is 5.91 Å². The van der Waals surface area contributed by atoms with Crippen molar-refractivity contribution in [3.63, 3.8) is 0 Å². The first-order valence-electron chi connectivity index (χ1n) is 6.43. The number of halogens is 2. The van der Waals surface area contributed by atoms with Gasteiger partial charge in [0.2, 0.25) is 0 Å². The Morgan fingerprint density at radius 1 is 1.63 bits per heavy atom. The molecule has 2 rings (SSSR count). The molecule has 1 aromatic rings. The molecule has 0 spiro atoms. The number of aliphatic hydroxyl groups is 1. The van der Waals surface area contributed by atoms with Crippen LogP contribution in [0.1, 0.15) is 36.5 Å². The van der Waals surface area contributed by atoms with E-state index in [1.54, 1.807) is 11.8 Å². The normalized spacial score (nSPS) is 20.6. The summed E-state index contributed by atoms with van der Waals surface area (Å²) in [5, 5.41) is 9.79. The summed E-state index contributed by atoms with van der Waals surface area (Å²) in [5.41, 5.74) is 0.00462. The second-order valence-electron chi connectivity index (χ2n) is 5.00. The topological polar surface area (TPSA) is 40.5 Å². The predicted octanol–water partition coefficient (Wildman–Crippen LogP) is 2.85. The molecule has 0 radical (unpaired) electrons. The Bertz CT molecular complexity index is 479. The van der Waals surface area contributed by atoms with Crippen LogP contribution in [0.5, 0.6) is 0 Å². The van der Waals surface area contributed by atoms with Crippen molar-refractivity contribution < 1.29 is 14.3 Å². The first-order chi connectivity index (χ1) is 8.99. The number of amides is 1. The van der Waals surface area contributed by atoms with Gasteiger partial charge in [-0.3, -0.25) is 4.79 Å².